The van der Waals surface area contributed by atoms with Gasteiger partial charge in [0.05, 0.1) is 17.4 Å². The smallest absolute Gasteiger partial charge is 0.269 e. The van der Waals surface area contributed by atoms with E-state index in [2.05, 4.69) is 5.10 Å². The van der Waals surface area contributed by atoms with Gasteiger partial charge >= 0.3 is 5.69 Å². The molecule has 5 nitrogen and oxygen atoms in total. The summed E-state index contributed by atoms with van der Waals surface area (Å²) in [7, 11) is 0. The lowest BCUT2D eigenvalue weighted by molar-refractivity contribution is 0.605. The molecule has 3 aromatic rings. The van der Waals surface area contributed by atoms with E-state index >= 15 is 0 Å². The molecule has 1 aromatic heterocycles. The van der Waals surface area contributed by atoms with Crippen LogP contribution in [0.25, 0.3) is 11.8 Å². The minimum absolute atomic E-state index is 0.00533. The predicted molar refractivity (Wildman–Crippen MR) is 101 cm³/mol. The molecule has 0 N–H and O–H groups in total. The number of nitrogens with zero attached hydrogens (tertiary/aromatic N) is 4. The summed E-state index contributed by atoms with van der Waals surface area (Å²) in [6.07, 6.45) is 3.85. The van der Waals surface area contributed by atoms with Gasteiger partial charge in [0.25, 0.3) is 0 Å². The van der Waals surface area contributed by atoms with Crippen molar-refractivity contribution in [1.82, 2.24) is 14.5 Å². The van der Waals surface area contributed by atoms with Crippen molar-refractivity contribution in [3.63, 3.8) is 0 Å². The molecular formula is C18H14Cl2N4O. The Labute approximate surface area is 154 Å². The first-order valence-electron chi connectivity index (χ1n) is 7.76. The van der Waals surface area contributed by atoms with E-state index in [9.17, 15) is 4.79 Å². The Hall–Kier alpha value is -2.50. The van der Waals surface area contributed by atoms with E-state index in [1.807, 2.05) is 36.2 Å². The molecule has 0 amide bonds. The Morgan fingerprint density at radius 1 is 0.920 bits per heavy atom. The third kappa shape index (κ3) is 2.75. The maximum Gasteiger partial charge on any atom is 0.370 e. The van der Waals surface area contributed by atoms with Gasteiger partial charge in [0.1, 0.15) is 0 Å². The zero-order chi connectivity index (χ0) is 17.6. The molecule has 1 atom stereocenters. The van der Waals surface area contributed by atoms with Crippen LogP contribution in [0.5, 0.6) is 0 Å². The van der Waals surface area contributed by atoms with E-state index in [4.69, 9.17) is 23.2 Å². The van der Waals surface area contributed by atoms with Crippen LogP contribution in [0.1, 0.15) is 12.7 Å². The summed E-state index contributed by atoms with van der Waals surface area (Å²) in [5.74, 6) is 0.563. The summed E-state index contributed by atoms with van der Waals surface area (Å²) in [6, 6.07) is 14.4. The number of fused-ring (bicyclic) bond motifs is 1. The molecule has 1 aliphatic rings. The van der Waals surface area contributed by atoms with Crippen molar-refractivity contribution >= 4 is 35.0 Å². The van der Waals surface area contributed by atoms with E-state index in [1.165, 1.54) is 4.68 Å². The highest BCUT2D eigenvalue weighted by molar-refractivity contribution is 6.30. The summed E-state index contributed by atoms with van der Waals surface area (Å²) in [5, 5.41) is 7.60. The standard InChI is InChI=1S/C18H14Cl2N4O/c1-12-2-11-17-21-22(15-7-3-13(19)4-8-15)18(25)24(17)23(12)16-9-5-14(20)6-10-16/h2-12H,1H3. The largest absolute Gasteiger partial charge is 0.370 e. The Balaban J connectivity index is 1.87. The van der Waals surface area contributed by atoms with Gasteiger partial charge in [0.15, 0.2) is 5.82 Å². The van der Waals surface area contributed by atoms with Crippen molar-refractivity contribution in [2.45, 2.75) is 13.0 Å². The van der Waals surface area contributed by atoms with Gasteiger partial charge in [-0.15, -0.1) is 5.10 Å². The topological polar surface area (TPSA) is 43.1 Å². The highest BCUT2D eigenvalue weighted by Crippen LogP contribution is 2.24. The number of benzene rings is 2. The monoisotopic (exact) mass is 372 g/mol. The molecule has 25 heavy (non-hydrogen) atoms. The lowest BCUT2D eigenvalue weighted by Crippen LogP contribution is -2.45. The lowest BCUT2D eigenvalue weighted by atomic mass is 10.2. The quantitative estimate of drug-likeness (QED) is 0.681. The number of rotatable bonds is 2. The van der Waals surface area contributed by atoms with Crippen molar-refractivity contribution in [2.24, 2.45) is 0 Å². The molecule has 2 heterocycles. The van der Waals surface area contributed by atoms with Crippen molar-refractivity contribution < 1.29 is 0 Å². The van der Waals surface area contributed by atoms with Crippen LogP contribution in [-0.2, 0) is 0 Å². The van der Waals surface area contributed by atoms with E-state index < -0.39 is 0 Å². The van der Waals surface area contributed by atoms with Crippen LogP contribution in [0.15, 0.2) is 59.4 Å². The first-order chi connectivity index (χ1) is 12.0. The van der Waals surface area contributed by atoms with Crippen molar-refractivity contribution in [2.75, 3.05) is 5.01 Å². The third-order valence-electron chi connectivity index (χ3n) is 4.07. The Morgan fingerprint density at radius 2 is 1.48 bits per heavy atom. The van der Waals surface area contributed by atoms with Crippen LogP contribution in [0.4, 0.5) is 5.69 Å². The second-order valence-electron chi connectivity index (χ2n) is 5.76. The van der Waals surface area contributed by atoms with Crippen LogP contribution in [0.2, 0.25) is 10.0 Å². The summed E-state index contributed by atoms with van der Waals surface area (Å²) in [4.78, 5) is 13.0. The van der Waals surface area contributed by atoms with Gasteiger partial charge in [-0.2, -0.15) is 9.36 Å². The fraction of sp³-hybridized carbons (Fsp3) is 0.111. The summed E-state index contributed by atoms with van der Waals surface area (Å²) >= 11 is 11.9. The molecule has 0 radical (unpaired) electrons. The van der Waals surface area contributed by atoms with Gasteiger partial charge in [-0.25, -0.2) is 4.79 Å². The molecule has 0 aliphatic carbocycles. The molecule has 1 aliphatic heterocycles. The van der Waals surface area contributed by atoms with Gasteiger partial charge < -0.3 is 0 Å². The van der Waals surface area contributed by atoms with E-state index in [0.717, 1.165) is 5.69 Å². The van der Waals surface area contributed by atoms with Gasteiger partial charge in [-0.3, -0.25) is 5.01 Å². The van der Waals surface area contributed by atoms with Gasteiger partial charge in [0.2, 0.25) is 0 Å². The van der Waals surface area contributed by atoms with Crippen LogP contribution in [-0.4, -0.2) is 20.5 Å². The van der Waals surface area contributed by atoms with Gasteiger partial charge in [0, 0.05) is 10.0 Å². The first-order valence-corrected chi connectivity index (χ1v) is 8.51. The third-order valence-corrected chi connectivity index (χ3v) is 4.57. The maximum atomic E-state index is 13.0. The van der Waals surface area contributed by atoms with E-state index in [1.54, 1.807) is 41.1 Å². The molecule has 0 saturated heterocycles. The van der Waals surface area contributed by atoms with Crippen molar-refractivity contribution in [3.8, 4) is 5.69 Å². The Kier molecular flexibility index (Phi) is 3.90. The minimum Gasteiger partial charge on any atom is -0.269 e. The molecule has 2 aromatic carbocycles. The van der Waals surface area contributed by atoms with Crippen LogP contribution in [0.3, 0.4) is 0 Å². The number of anilines is 1. The molecule has 0 fully saturated rings. The second kappa shape index (κ2) is 6.10. The maximum absolute atomic E-state index is 13.0. The Morgan fingerprint density at radius 3 is 2.08 bits per heavy atom. The number of hydrogen-bond donors (Lipinski definition) is 0. The molecule has 0 saturated carbocycles. The van der Waals surface area contributed by atoms with Crippen molar-refractivity contribution in [1.29, 1.82) is 0 Å². The van der Waals surface area contributed by atoms with Crippen LogP contribution < -0.4 is 10.7 Å². The highest BCUT2D eigenvalue weighted by atomic mass is 35.5. The number of halogens is 2. The molecule has 0 spiro atoms. The minimum atomic E-state index is -0.247. The zero-order valence-electron chi connectivity index (χ0n) is 13.3. The Bertz CT molecular complexity index is 1000. The molecule has 7 heteroatoms. The van der Waals surface area contributed by atoms with Crippen molar-refractivity contribution in [3.05, 3.63) is 81.0 Å². The number of hydrogen-bond acceptors (Lipinski definition) is 3. The second-order valence-corrected chi connectivity index (χ2v) is 6.63. The SMILES string of the molecule is CC1C=Cc2nn(-c3ccc(Cl)cc3)c(=O)n2N1c1ccc(Cl)cc1. The normalized spacial score (nSPS) is 16.1. The highest BCUT2D eigenvalue weighted by Gasteiger charge is 2.26. The fourth-order valence-corrected chi connectivity index (χ4v) is 3.12. The predicted octanol–water partition coefficient (Wildman–Crippen LogP) is 4.03. The summed E-state index contributed by atoms with van der Waals surface area (Å²) in [5.41, 5.74) is 1.28. The van der Waals surface area contributed by atoms with E-state index in [0.29, 0.717) is 21.6 Å². The first kappa shape index (κ1) is 16.0. The molecular weight excluding hydrogens is 359 g/mol. The molecule has 0 bridgehead atoms. The van der Waals surface area contributed by atoms with Crippen LogP contribution >= 0.6 is 23.2 Å². The number of aromatic nitrogens is 3. The zero-order valence-corrected chi connectivity index (χ0v) is 14.8. The summed E-state index contributed by atoms with van der Waals surface area (Å²) < 4.78 is 2.94. The van der Waals surface area contributed by atoms with Gasteiger partial charge in [-0.1, -0.05) is 29.3 Å². The average Bonchev–Trinajstić information content (AvgIpc) is 2.94. The fourth-order valence-electron chi connectivity index (χ4n) is 2.87. The molecule has 4 rings (SSSR count). The molecule has 1 unspecified atom stereocenters. The van der Waals surface area contributed by atoms with Crippen LogP contribution in [0, 0.1) is 0 Å². The molecule has 126 valence electrons. The lowest BCUT2D eigenvalue weighted by Gasteiger charge is -2.32. The van der Waals surface area contributed by atoms with E-state index in [-0.39, 0.29) is 11.7 Å². The summed E-state index contributed by atoms with van der Waals surface area (Å²) in [6.45, 7) is 2.01. The average molecular weight is 373 g/mol. The van der Waals surface area contributed by atoms with Gasteiger partial charge in [-0.05, 0) is 61.5 Å².